The number of halogens is 3. The first kappa shape index (κ1) is 17.4. The zero-order valence-electron chi connectivity index (χ0n) is 11.2. The van der Waals surface area contributed by atoms with Crippen LogP contribution < -0.4 is 5.32 Å². The molecular formula is C12H11F3N2O5. The summed E-state index contributed by atoms with van der Waals surface area (Å²) in [4.78, 5) is 32.7. The molecule has 7 nitrogen and oxygen atoms in total. The number of nitrogens with one attached hydrogen (secondary N) is 1. The lowest BCUT2D eigenvalue weighted by Gasteiger charge is -2.17. The number of carboxylic acid groups (broad SMARTS) is 1. The van der Waals surface area contributed by atoms with Gasteiger partial charge in [0.15, 0.2) is 0 Å². The van der Waals surface area contributed by atoms with Crippen molar-refractivity contribution in [1.29, 1.82) is 0 Å². The molecule has 1 unspecified atom stereocenters. The molecular weight excluding hydrogens is 309 g/mol. The van der Waals surface area contributed by atoms with E-state index in [0.29, 0.717) is 0 Å². The molecule has 0 bridgehead atoms. The number of carbonyl (C=O) groups excluding carboxylic acids is 1. The number of carboxylic acids is 1. The van der Waals surface area contributed by atoms with Crippen LogP contribution in [-0.4, -0.2) is 34.1 Å². The van der Waals surface area contributed by atoms with Gasteiger partial charge < -0.3 is 10.4 Å². The maximum atomic E-state index is 12.3. The second-order valence-corrected chi connectivity index (χ2v) is 4.41. The number of aryl methyl sites for hydroxylation is 1. The van der Waals surface area contributed by atoms with Crippen LogP contribution in [0.2, 0.25) is 0 Å². The Morgan fingerprint density at radius 2 is 2.00 bits per heavy atom. The number of rotatable bonds is 5. The third kappa shape index (κ3) is 4.43. The lowest BCUT2D eigenvalue weighted by molar-refractivity contribution is -0.385. The zero-order chi connectivity index (χ0) is 17.1. The Kier molecular flexibility index (Phi) is 5.07. The van der Waals surface area contributed by atoms with Gasteiger partial charge in [-0.2, -0.15) is 13.2 Å². The monoisotopic (exact) mass is 320 g/mol. The molecule has 0 aliphatic carbocycles. The molecule has 0 heterocycles. The highest BCUT2D eigenvalue weighted by molar-refractivity contribution is 6.01. The predicted octanol–water partition coefficient (Wildman–Crippen LogP) is 2.04. The van der Waals surface area contributed by atoms with Gasteiger partial charge in [-0.25, -0.2) is 4.79 Å². The average molecular weight is 320 g/mol. The number of nitro groups is 1. The summed E-state index contributed by atoms with van der Waals surface area (Å²) < 4.78 is 36.8. The summed E-state index contributed by atoms with van der Waals surface area (Å²) in [6, 6.07) is 1.42. The molecule has 1 aromatic carbocycles. The molecule has 2 N–H and O–H groups in total. The minimum atomic E-state index is -4.81. The van der Waals surface area contributed by atoms with E-state index in [9.17, 15) is 32.9 Å². The Balaban J connectivity index is 3.11. The lowest BCUT2D eigenvalue weighted by atomic mass is 10.0. The van der Waals surface area contributed by atoms with Gasteiger partial charge in [0.05, 0.1) is 11.3 Å². The van der Waals surface area contributed by atoms with E-state index in [1.165, 1.54) is 19.1 Å². The molecule has 1 amide bonds. The van der Waals surface area contributed by atoms with E-state index < -0.39 is 46.7 Å². The molecule has 0 aliphatic rings. The topological polar surface area (TPSA) is 110 Å². The molecule has 1 aromatic rings. The summed E-state index contributed by atoms with van der Waals surface area (Å²) >= 11 is 0. The van der Waals surface area contributed by atoms with Crippen molar-refractivity contribution >= 4 is 17.6 Å². The fourth-order valence-electron chi connectivity index (χ4n) is 1.76. The number of hydrogen-bond acceptors (Lipinski definition) is 4. The predicted molar refractivity (Wildman–Crippen MR) is 67.4 cm³/mol. The Morgan fingerprint density at radius 3 is 2.45 bits per heavy atom. The Hall–Kier alpha value is -2.65. The number of benzene rings is 1. The zero-order valence-corrected chi connectivity index (χ0v) is 11.2. The number of nitro benzene ring substituents is 1. The van der Waals surface area contributed by atoms with Crippen molar-refractivity contribution in [1.82, 2.24) is 5.32 Å². The first-order valence-electron chi connectivity index (χ1n) is 5.87. The summed E-state index contributed by atoms with van der Waals surface area (Å²) in [5.74, 6) is -3.14. The number of amides is 1. The maximum Gasteiger partial charge on any atom is 0.391 e. The van der Waals surface area contributed by atoms with Crippen LogP contribution in [0.3, 0.4) is 0 Å². The summed E-state index contributed by atoms with van der Waals surface area (Å²) in [7, 11) is 0. The first-order chi connectivity index (χ1) is 10.0. The average Bonchev–Trinajstić information content (AvgIpc) is 2.35. The second-order valence-electron chi connectivity index (χ2n) is 4.41. The fraction of sp³-hybridized carbons (Fsp3) is 0.333. The summed E-state index contributed by atoms with van der Waals surface area (Å²) in [5.41, 5.74) is -0.947. The van der Waals surface area contributed by atoms with Crippen LogP contribution in [0.5, 0.6) is 0 Å². The molecule has 120 valence electrons. The SMILES string of the molecule is Cc1cccc([N+](=O)[O-])c1C(=O)NC(CC(F)(F)F)C(=O)O. The van der Waals surface area contributed by atoms with Gasteiger partial charge in [0.2, 0.25) is 0 Å². The summed E-state index contributed by atoms with van der Waals surface area (Å²) in [6.07, 6.45) is -6.60. The Bertz CT molecular complexity index is 615. The molecule has 1 atom stereocenters. The van der Waals surface area contributed by atoms with Crippen LogP contribution in [0.1, 0.15) is 22.3 Å². The van der Waals surface area contributed by atoms with Gasteiger partial charge in [0.1, 0.15) is 11.6 Å². The van der Waals surface area contributed by atoms with Crippen molar-refractivity contribution < 1.29 is 32.8 Å². The standard InChI is InChI=1S/C12H11F3N2O5/c1-6-3-2-4-8(17(21)22)9(6)10(18)16-7(11(19)20)5-12(13,14)15/h2-4,7H,5H2,1H3,(H,16,18)(H,19,20). The van der Waals surface area contributed by atoms with Crippen molar-refractivity contribution in [2.75, 3.05) is 0 Å². The van der Waals surface area contributed by atoms with Crippen LogP contribution in [0.25, 0.3) is 0 Å². The molecule has 22 heavy (non-hydrogen) atoms. The van der Waals surface area contributed by atoms with Crippen LogP contribution >= 0.6 is 0 Å². The third-order valence-corrected chi connectivity index (χ3v) is 2.71. The fourth-order valence-corrected chi connectivity index (χ4v) is 1.76. The van der Waals surface area contributed by atoms with Crippen molar-refractivity contribution in [2.24, 2.45) is 0 Å². The highest BCUT2D eigenvalue weighted by atomic mass is 19.4. The van der Waals surface area contributed by atoms with Gasteiger partial charge in [-0.3, -0.25) is 14.9 Å². The van der Waals surface area contributed by atoms with Crippen molar-refractivity contribution in [3.8, 4) is 0 Å². The van der Waals surface area contributed by atoms with Crippen LogP contribution in [0.15, 0.2) is 18.2 Å². The van der Waals surface area contributed by atoms with E-state index in [1.807, 2.05) is 0 Å². The van der Waals surface area contributed by atoms with Gasteiger partial charge >= 0.3 is 12.1 Å². The number of alkyl halides is 3. The molecule has 0 aromatic heterocycles. The largest absolute Gasteiger partial charge is 0.480 e. The smallest absolute Gasteiger partial charge is 0.391 e. The van der Waals surface area contributed by atoms with Gasteiger partial charge in [-0.1, -0.05) is 12.1 Å². The van der Waals surface area contributed by atoms with E-state index in [1.54, 1.807) is 5.32 Å². The summed E-state index contributed by atoms with van der Waals surface area (Å²) in [5, 5.41) is 21.3. The van der Waals surface area contributed by atoms with Crippen LogP contribution in [0.4, 0.5) is 18.9 Å². The molecule has 10 heteroatoms. The molecule has 0 saturated carbocycles. The number of carbonyl (C=O) groups is 2. The second kappa shape index (κ2) is 6.41. The number of aliphatic carboxylic acids is 1. The normalized spacial score (nSPS) is 12.5. The van der Waals surface area contributed by atoms with E-state index >= 15 is 0 Å². The molecule has 0 radical (unpaired) electrons. The molecule has 1 rings (SSSR count). The van der Waals surface area contributed by atoms with Gasteiger partial charge in [-0.15, -0.1) is 0 Å². The van der Waals surface area contributed by atoms with Crippen molar-refractivity contribution in [3.05, 3.63) is 39.4 Å². The third-order valence-electron chi connectivity index (χ3n) is 2.71. The van der Waals surface area contributed by atoms with Crippen molar-refractivity contribution in [3.63, 3.8) is 0 Å². The minimum absolute atomic E-state index is 0.142. The van der Waals surface area contributed by atoms with Gasteiger partial charge in [0.25, 0.3) is 11.6 Å². The van der Waals surface area contributed by atoms with Gasteiger partial charge in [-0.05, 0) is 12.5 Å². The Morgan fingerprint density at radius 1 is 1.41 bits per heavy atom. The highest BCUT2D eigenvalue weighted by Crippen LogP contribution is 2.24. The number of nitrogens with zero attached hydrogens (tertiary/aromatic N) is 1. The Labute approximate surface area is 121 Å². The van der Waals surface area contributed by atoms with Crippen LogP contribution in [-0.2, 0) is 4.79 Å². The molecule has 0 fully saturated rings. The van der Waals surface area contributed by atoms with Crippen molar-refractivity contribution in [2.45, 2.75) is 25.6 Å². The minimum Gasteiger partial charge on any atom is -0.480 e. The molecule has 0 saturated heterocycles. The van der Waals surface area contributed by atoms with E-state index in [2.05, 4.69) is 0 Å². The van der Waals surface area contributed by atoms with E-state index in [-0.39, 0.29) is 5.56 Å². The molecule has 0 aliphatic heterocycles. The quantitative estimate of drug-likeness (QED) is 0.637. The highest BCUT2D eigenvalue weighted by Gasteiger charge is 2.37. The first-order valence-corrected chi connectivity index (χ1v) is 5.87. The van der Waals surface area contributed by atoms with Gasteiger partial charge in [0, 0.05) is 6.07 Å². The number of hydrogen-bond donors (Lipinski definition) is 2. The van der Waals surface area contributed by atoms with E-state index in [0.717, 1.165) is 6.07 Å². The maximum absolute atomic E-state index is 12.3. The lowest BCUT2D eigenvalue weighted by Crippen LogP contribution is -2.44. The van der Waals surface area contributed by atoms with E-state index in [4.69, 9.17) is 5.11 Å². The summed E-state index contributed by atoms with van der Waals surface area (Å²) in [6.45, 7) is 1.35. The molecule has 0 spiro atoms. The van der Waals surface area contributed by atoms with Crippen LogP contribution in [0, 0.1) is 17.0 Å².